The Balaban J connectivity index is 1.80. The lowest BCUT2D eigenvalue weighted by atomic mass is 9.88. The zero-order valence-corrected chi connectivity index (χ0v) is 16.6. The Morgan fingerprint density at radius 1 is 1.15 bits per heavy atom. The molecule has 1 aromatic carbocycles. The standard InChI is InChI=1S/C21H21Cl2N3O/c1-13-6-5-11-26-19(13)24-18(15-9-10-16(22)17(23)12-15)20(26)25-21(27)14-7-3-2-4-8-14/h5-6,9-12,14H,2-4,7-8H2,1H3,(H,25,27). The average Bonchev–Trinajstić information content (AvgIpc) is 3.04. The molecule has 6 heteroatoms. The number of hydrogen-bond donors (Lipinski definition) is 1. The minimum absolute atomic E-state index is 0.0655. The molecule has 0 radical (unpaired) electrons. The van der Waals surface area contributed by atoms with Crippen molar-refractivity contribution in [1.82, 2.24) is 9.38 Å². The Hall–Kier alpha value is -2.04. The van der Waals surface area contributed by atoms with Crippen LogP contribution < -0.4 is 5.32 Å². The number of hydrogen-bond acceptors (Lipinski definition) is 2. The van der Waals surface area contributed by atoms with E-state index < -0.39 is 0 Å². The predicted molar refractivity (Wildman–Crippen MR) is 111 cm³/mol. The number of benzene rings is 1. The van der Waals surface area contributed by atoms with Gasteiger partial charge in [-0.05, 0) is 43.5 Å². The summed E-state index contributed by atoms with van der Waals surface area (Å²) in [7, 11) is 0. The molecule has 1 aliphatic rings. The number of aryl methyl sites for hydroxylation is 1. The molecular weight excluding hydrogens is 381 g/mol. The molecule has 1 fully saturated rings. The highest BCUT2D eigenvalue weighted by molar-refractivity contribution is 6.42. The van der Waals surface area contributed by atoms with Crippen molar-refractivity contribution in [3.8, 4) is 11.3 Å². The molecule has 0 aliphatic heterocycles. The largest absolute Gasteiger partial charge is 0.310 e. The molecule has 1 saturated carbocycles. The van der Waals surface area contributed by atoms with E-state index in [2.05, 4.69) is 5.32 Å². The van der Waals surface area contributed by atoms with Gasteiger partial charge in [-0.2, -0.15) is 0 Å². The number of nitrogens with zero attached hydrogens (tertiary/aromatic N) is 2. The Labute approximate surface area is 168 Å². The summed E-state index contributed by atoms with van der Waals surface area (Å²) in [6.45, 7) is 2.01. The first-order chi connectivity index (χ1) is 13.0. The summed E-state index contributed by atoms with van der Waals surface area (Å²) in [5.41, 5.74) is 3.38. The van der Waals surface area contributed by atoms with E-state index in [-0.39, 0.29) is 11.8 Å². The molecule has 0 atom stereocenters. The number of anilines is 1. The second-order valence-electron chi connectivity index (χ2n) is 7.15. The maximum absolute atomic E-state index is 12.9. The highest BCUT2D eigenvalue weighted by Crippen LogP contribution is 2.34. The quantitative estimate of drug-likeness (QED) is 0.572. The van der Waals surface area contributed by atoms with Crippen molar-refractivity contribution in [2.45, 2.75) is 39.0 Å². The summed E-state index contributed by atoms with van der Waals surface area (Å²) < 4.78 is 1.94. The number of fused-ring (bicyclic) bond motifs is 1. The van der Waals surface area contributed by atoms with E-state index in [1.807, 2.05) is 35.7 Å². The van der Waals surface area contributed by atoms with Gasteiger partial charge in [0.25, 0.3) is 0 Å². The van der Waals surface area contributed by atoms with Crippen LogP contribution in [0, 0.1) is 12.8 Å². The second kappa shape index (κ2) is 7.53. The Morgan fingerprint density at radius 2 is 1.93 bits per heavy atom. The summed E-state index contributed by atoms with van der Waals surface area (Å²) >= 11 is 12.3. The van der Waals surface area contributed by atoms with Crippen molar-refractivity contribution in [3.63, 3.8) is 0 Å². The van der Waals surface area contributed by atoms with Crippen LogP contribution in [-0.2, 0) is 4.79 Å². The van der Waals surface area contributed by atoms with Crippen LogP contribution in [0.4, 0.5) is 5.82 Å². The van der Waals surface area contributed by atoms with Crippen LogP contribution >= 0.6 is 23.2 Å². The molecule has 2 aromatic heterocycles. The molecule has 1 amide bonds. The number of halogens is 2. The molecule has 4 nitrogen and oxygen atoms in total. The fourth-order valence-corrected chi connectivity index (χ4v) is 4.05. The number of nitrogens with one attached hydrogen (secondary N) is 1. The van der Waals surface area contributed by atoms with Gasteiger partial charge in [0.1, 0.15) is 17.2 Å². The van der Waals surface area contributed by atoms with Crippen molar-refractivity contribution in [2.75, 3.05) is 5.32 Å². The lowest BCUT2D eigenvalue weighted by molar-refractivity contribution is -0.120. The normalized spacial score (nSPS) is 15.2. The minimum Gasteiger partial charge on any atom is -0.310 e. The molecule has 4 rings (SSSR count). The smallest absolute Gasteiger partial charge is 0.228 e. The molecular formula is C21H21Cl2N3O. The second-order valence-corrected chi connectivity index (χ2v) is 7.96. The summed E-state index contributed by atoms with van der Waals surface area (Å²) in [5.74, 6) is 0.817. The van der Waals surface area contributed by atoms with E-state index in [0.29, 0.717) is 21.6 Å². The molecule has 27 heavy (non-hydrogen) atoms. The van der Waals surface area contributed by atoms with Crippen LogP contribution in [0.25, 0.3) is 16.9 Å². The van der Waals surface area contributed by atoms with Gasteiger partial charge in [-0.1, -0.05) is 54.6 Å². The average molecular weight is 402 g/mol. The maximum atomic E-state index is 12.9. The number of amides is 1. The number of rotatable bonds is 3. The van der Waals surface area contributed by atoms with Crippen molar-refractivity contribution in [2.24, 2.45) is 5.92 Å². The molecule has 140 valence electrons. The number of carbonyl (C=O) groups excluding carboxylic acids is 1. The molecule has 0 bridgehead atoms. The van der Waals surface area contributed by atoms with E-state index in [1.165, 1.54) is 6.42 Å². The number of carbonyl (C=O) groups is 1. The SMILES string of the molecule is Cc1cccn2c(NC(=O)C3CCCCC3)c(-c3ccc(Cl)c(Cl)c3)nc12. The number of imidazole rings is 1. The molecule has 2 heterocycles. The van der Waals surface area contributed by atoms with Gasteiger partial charge in [-0.3, -0.25) is 9.20 Å². The Bertz CT molecular complexity index is 1010. The molecule has 1 aliphatic carbocycles. The van der Waals surface area contributed by atoms with Gasteiger partial charge in [-0.25, -0.2) is 4.98 Å². The van der Waals surface area contributed by atoms with E-state index in [4.69, 9.17) is 28.2 Å². The maximum Gasteiger partial charge on any atom is 0.228 e. The van der Waals surface area contributed by atoms with Crippen molar-refractivity contribution < 1.29 is 4.79 Å². The third-order valence-corrected chi connectivity index (χ3v) is 5.99. The van der Waals surface area contributed by atoms with E-state index in [0.717, 1.165) is 42.5 Å². The number of pyridine rings is 1. The van der Waals surface area contributed by atoms with Gasteiger partial charge < -0.3 is 5.32 Å². The third kappa shape index (κ3) is 3.56. The van der Waals surface area contributed by atoms with Crippen molar-refractivity contribution in [3.05, 3.63) is 52.1 Å². The zero-order valence-electron chi connectivity index (χ0n) is 15.1. The summed E-state index contributed by atoms with van der Waals surface area (Å²) in [6, 6.07) is 9.38. The predicted octanol–water partition coefficient (Wildman–Crippen LogP) is 6.14. The van der Waals surface area contributed by atoms with Gasteiger partial charge in [0.05, 0.1) is 10.0 Å². The van der Waals surface area contributed by atoms with Gasteiger partial charge in [-0.15, -0.1) is 0 Å². The van der Waals surface area contributed by atoms with E-state index in [1.54, 1.807) is 12.1 Å². The third-order valence-electron chi connectivity index (χ3n) is 5.26. The van der Waals surface area contributed by atoms with Crippen LogP contribution in [0.5, 0.6) is 0 Å². The minimum atomic E-state index is 0.0655. The topological polar surface area (TPSA) is 46.4 Å². The summed E-state index contributed by atoms with van der Waals surface area (Å²) in [5, 5.41) is 4.11. The van der Waals surface area contributed by atoms with Gasteiger partial charge in [0.15, 0.2) is 0 Å². The van der Waals surface area contributed by atoms with Crippen LogP contribution in [0.2, 0.25) is 10.0 Å². The van der Waals surface area contributed by atoms with E-state index >= 15 is 0 Å². The van der Waals surface area contributed by atoms with E-state index in [9.17, 15) is 4.79 Å². The first kappa shape index (κ1) is 18.3. The highest BCUT2D eigenvalue weighted by Gasteiger charge is 2.24. The Morgan fingerprint density at radius 3 is 2.67 bits per heavy atom. The van der Waals surface area contributed by atoms with Crippen LogP contribution in [0.3, 0.4) is 0 Å². The molecule has 0 saturated heterocycles. The lowest BCUT2D eigenvalue weighted by Gasteiger charge is -2.21. The van der Waals surface area contributed by atoms with Gasteiger partial charge in [0.2, 0.25) is 5.91 Å². The lowest BCUT2D eigenvalue weighted by Crippen LogP contribution is -2.25. The Kier molecular flexibility index (Phi) is 5.11. The zero-order chi connectivity index (χ0) is 19.0. The van der Waals surface area contributed by atoms with Crippen LogP contribution in [0.15, 0.2) is 36.5 Å². The first-order valence-corrected chi connectivity index (χ1v) is 10.0. The van der Waals surface area contributed by atoms with Crippen molar-refractivity contribution in [1.29, 1.82) is 0 Å². The number of aromatic nitrogens is 2. The molecule has 3 aromatic rings. The fourth-order valence-electron chi connectivity index (χ4n) is 3.75. The van der Waals surface area contributed by atoms with Crippen LogP contribution in [0.1, 0.15) is 37.7 Å². The summed E-state index contributed by atoms with van der Waals surface area (Å²) in [6.07, 6.45) is 7.27. The fraction of sp³-hybridized carbons (Fsp3) is 0.333. The molecule has 0 spiro atoms. The highest BCUT2D eigenvalue weighted by atomic mass is 35.5. The molecule has 1 N–H and O–H groups in total. The van der Waals surface area contributed by atoms with Gasteiger partial charge in [0, 0.05) is 17.7 Å². The summed E-state index contributed by atoms with van der Waals surface area (Å²) in [4.78, 5) is 17.7. The molecule has 0 unspecified atom stereocenters. The van der Waals surface area contributed by atoms with Crippen molar-refractivity contribution >= 4 is 40.6 Å². The monoisotopic (exact) mass is 401 g/mol. The van der Waals surface area contributed by atoms with Crippen LogP contribution in [-0.4, -0.2) is 15.3 Å². The van der Waals surface area contributed by atoms with Gasteiger partial charge >= 0.3 is 0 Å². The first-order valence-electron chi connectivity index (χ1n) is 9.28.